The van der Waals surface area contributed by atoms with Gasteiger partial charge in [0.25, 0.3) is 11.6 Å². The number of nitro groups is 1. The van der Waals surface area contributed by atoms with E-state index in [0.29, 0.717) is 0 Å². The van der Waals surface area contributed by atoms with Gasteiger partial charge in [-0.25, -0.2) is 0 Å². The Kier molecular flexibility index (Phi) is 3.22. The molecule has 0 radical (unpaired) electrons. The molecule has 0 bridgehead atoms. The summed E-state index contributed by atoms with van der Waals surface area (Å²) in [6, 6.07) is 3.73. The number of amides is 1. The van der Waals surface area contributed by atoms with Crippen molar-refractivity contribution in [3.8, 4) is 0 Å². The van der Waals surface area contributed by atoms with Crippen molar-refractivity contribution in [1.29, 1.82) is 0 Å². The zero-order valence-corrected chi connectivity index (χ0v) is 7.88. The molecular weight excluding hydrogens is 224 g/mol. The van der Waals surface area contributed by atoms with E-state index in [1.807, 2.05) is 0 Å². The average Bonchev–Trinajstić information content (AvgIpc) is 2.17. The van der Waals surface area contributed by atoms with Crippen molar-refractivity contribution in [3.05, 3.63) is 49.3 Å². The van der Waals surface area contributed by atoms with Gasteiger partial charge in [-0.05, 0) is 16.7 Å². The van der Waals surface area contributed by atoms with E-state index in [9.17, 15) is 14.9 Å². The summed E-state index contributed by atoms with van der Waals surface area (Å²) in [5.41, 5.74) is 7.16. The van der Waals surface area contributed by atoms with Gasteiger partial charge < -0.3 is 0 Å². The quantitative estimate of drug-likeness (QED) is 0.254. The summed E-state index contributed by atoms with van der Waals surface area (Å²) in [7, 11) is 0. The van der Waals surface area contributed by atoms with Gasteiger partial charge in [-0.15, -0.1) is 0 Å². The van der Waals surface area contributed by atoms with Gasteiger partial charge in [0.15, 0.2) is 0 Å². The first-order chi connectivity index (χ1) is 7.07. The van der Waals surface area contributed by atoms with E-state index in [4.69, 9.17) is 17.1 Å². The number of nitro benzene ring substituents is 1. The number of hydrogen-bond acceptors (Lipinski definition) is 3. The van der Waals surface area contributed by atoms with Crippen molar-refractivity contribution in [2.45, 2.75) is 0 Å². The fraction of sp³-hybridized carbons (Fsp3) is 0. The lowest BCUT2D eigenvalue weighted by molar-refractivity contribution is -0.385. The van der Waals surface area contributed by atoms with Crippen molar-refractivity contribution >= 4 is 23.2 Å². The lowest BCUT2D eigenvalue weighted by atomic mass is 10.1. The maximum absolute atomic E-state index is 11.2. The van der Waals surface area contributed by atoms with Crippen LogP contribution in [0.1, 0.15) is 10.4 Å². The summed E-state index contributed by atoms with van der Waals surface area (Å²) in [6.07, 6.45) is 0. The van der Waals surface area contributed by atoms with Gasteiger partial charge in [0.1, 0.15) is 5.56 Å². The fourth-order valence-corrected chi connectivity index (χ4v) is 1.22. The van der Waals surface area contributed by atoms with Crippen LogP contribution in [0.2, 0.25) is 5.02 Å². The molecule has 0 saturated heterocycles. The summed E-state index contributed by atoms with van der Waals surface area (Å²) >= 11 is 5.60. The van der Waals surface area contributed by atoms with Crippen LogP contribution in [-0.2, 0) is 0 Å². The van der Waals surface area contributed by atoms with Crippen molar-refractivity contribution in [1.82, 2.24) is 0 Å². The normalized spacial score (nSPS) is 9.13. The number of nitrogens with zero attached hydrogens (tertiary/aromatic N) is 4. The molecule has 8 heteroatoms. The Bertz CT molecular complexity index is 481. The molecular formula is C7H3ClN4O3. The first-order valence-electron chi connectivity index (χ1n) is 3.60. The van der Waals surface area contributed by atoms with Crippen LogP contribution >= 0.6 is 11.6 Å². The Hall–Kier alpha value is -2.11. The first kappa shape index (κ1) is 11.0. The van der Waals surface area contributed by atoms with Crippen LogP contribution in [0.25, 0.3) is 10.4 Å². The minimum Gasteiger partial charge on any atom is -0.287 e. The summed E-state index contributed by atoms with van der Waals surface area (Å²) < 4.78 is 0. The largest absolute Gasteiger partial charge is 0.287 e. The Morgan fingerprint density at radius 3 is 2.80 bits per heavy atom. The van der Waals surface area contributed by atoms with Crippen molar-refractivity contribution in [2.75, 3.05) is 0 Å². The van der Waals surface area contributed by atoms with Gasteiger partial charge >= 0.3 is 0 Å². The van der Waals surface area contributed by atoms with E-state index in [0.717, 1.165) is 6.07 Å². The predicted molar refractivity (Wildman–Crippen MR) is 51.6 cm³/mol. The molecule has 0 fully saturated rings. The third-order valence-electron chi connectivity index (χ3n) is 1.54. The van der Waals surface area contributed by atoms with Gasteiger partial charge in [-0.3, -0.25) is 14.9 Å². The Morgan fingerprint density at radius 1 is 1.60 bits per heavy atom. The summed E-state index contributed by atoms with van der Waals surface area (Å²) in [5, 5.41) is 13.2. The van der Waals surface area contributed by atoms with Crippen LogP contribution in [0.4, 0.5) is 5.69 Å². The van der Waals surface area contributed by atoms with E-state index >= 15 is 0 Å². The number of halogens is 1. The van der Waals surface area contributed by atoms with Gasteiger partial charge in [0.2, 0.25) is 0 Å². The topological polar surface area (TPSA) is 109 Å². The number of azide groups is 1. The number of carbonyl (C=O) groups is 1. The maximum atomic E-state index is 11.2. The van der Waals surface area contributed by atoms with Crippen LogP contribution in [0.5, 0.6) is 0 Å². The zero-order valence-electron chi connectivity index (χ0n) is 7.12. The minimum absolute atomic E-state index is 0.124. The number of benzene rings is 1. The van der Waals surface area contributed by atoms with Crippen LogP contribution in [0.15, 0.2) is 23.3 Å². The fourth-order valence-electron chi connectivity index (χ4n) is 0.967. The van der Waals surface area contributed by atoms with Crippen LogP contribution < -0.4 is 0 Å². The maximum Gasteiger partial charge on any atom is 0.281 e. The minimum atomic E-state index is -1.07. The van der Waals surface area contributed by atoms with E-state index in [-0.39, 0.29) is 5.02 Å². The Balaban J connectivity index is 3.43. The highest BCUT2D eigenvalue weighted by molar-refractivity contribution is 6.34. The molecule has 1 aromatic rings. The summed E-state index contributed by atoms with van der Waals surface area (Å²) in [4.78, 5) is 23.2. The zero-order chi connectivity index (χ0) is 11.4. The van der Waals surface area contributed by atoms with Crippen LogP contribution in [0, 0.1) is 10.1 Å². The van der Waals surface area contributed by atoms with Gasteiger partial charge in [0, 0.05) is 11.0 Å². The second kappa shape index (κ2) is 4.41. The second-order valence-corrected chi connectivity index (χ2v) is 2.79. The van der Waals surface area contributed by atoms with E-state index < -0.39 is 22.1 Å². The Labute approximate surface area is 88.0 Å². The highest BCUT2D eigenvalue weighted by atomic mass is 35.5. The number of hydrogen-bond donors (Lipinski definition) is 0. The lowest BCUT2D eigenvalue weighted by Crippen LogP contribution is -2.01. The predicted octanol–water partition coefficient (Wildman–Crippen LogP) is 2.70. The molecule has 1 amide bonds. The SMILES string of the molecule is [N-]=[N+]=NC(=O)c1c(Cl)cccc1[N+](=O)[O-]. The number of rotatable bonds is 2. The number of carbonyl (C=O) groups excluding carboxylic acids is 1. The summed E-state index contributed by atoms with van der Waals surface area (Å²) in [6.45, 7) is 0. The monoisotopic (exact) mass is 226 g/mol. The molecule has 7 nitrogen and oxygen atoms in total. The molecule has 1 aromatic carbocycles. The molecule has 0 aliphatic carbocycles. The highest BCUT2D eigenvalue weighted by Crippen LogP contribution is 2.26. The van der Waals surface area contributed by atoms with E-state index in [1.165, 1.54) is 12.1 Å². The van der Waals surface area contributed by atoms with Crippen molar-refractivity contribution in [3.63, 3.8) is 0 Å². The smallest absolute Gasteiger partial charge is 0.281 e. The van der Waals surface area contributed by atoms with Crippen LogP contribution in [-0.4, -0.2) is 10.8 Å². The lowest BCUT2D eigenvalue weighted by Gasteiger charge is -1.99. The van der Waals surface area contributed by atoms with E-state index in [1.54, 1.807) is 0 Å². The molecule has 15 heavy (non-hydrogen) atoms. The molecule has 0 aromatic heterocycles. The third kappa shape index (κ3) is 2.22. The van der Waals surface area contributed by atoms with Crippen LogP contribution in [0.3, 0.4) is 0 Å². The molecule has 76 valence electrons. The van der Waals surface area contributed by atoms with E-state index in [2.05, 4.69) is 10.0 Å². The molecule has 0 heterocycles. The van der Waals surface area contributed by atoms with Gasteiger partial charge in [-0.2, -0.15) is 0 Å². The summed E-state index contributed by atoms with van der Waals surface area (Å²) in [5.74, 6) is -1.07. The molecule has 0 spiro atoms. The molecule has 0 unspecified atom stereocenters. The standard InChI is InChI=1S/C7H3ClN4O3/c8-4-2-1-3-5(12(14)15)6(4)7(13)10-11-9/h1-3H. The molecule has 0 saturated carbocycles. The molecule has 0 atom stereocenters. The van der Waals surface area contributed by atoms with Gasteiger partial charge in [0.05, 0.1) is 9.95 Å². The molecule has 0 aliphatic rings. The average molecular weight is 227 g/mol. The Morgan fingerprint density at radius 2 is 2.27 bits per heavy atom. The molecule has 0 aliphatic heterocycles. The third-order valence-corrected chi connectivity index (χ3v) is 1.85. The first-order valence-corrected chi connectivity index (χ1v) is 3.98. The molecule has 0 N–H and O–H groups in total. The second-order valence-electron chi connectivity index (χ2n) is 2.39. The highest BCUT2D eigenvalue weighted by Gasteiger charge is 2.21. The van der Waals surface area contributed by atoms with Crippen molar-refractivity contribution < 1.29 is 9.72 Å². The molecule has 1 rings (SSSR count). The van der Waals surface area contributed by atoms with Gasteiger partial charge in [-0.1, -0.05) is 17.7 Å². The van der Waals surface area contributed by atoms with Crippen molar-refractivity contribution in [2.24, 2.45) is 5.11 Å².